The number of hydrogen-bond acceptors (Lipinski definition) is 0. The lowest BCUT2D eigenvalue weighted by Gasteiger charge is -2.22. The van der Waals surface area contributed by atoms with E-state index >= 15 is 0 Å². The molecule has 94 valence electrons. The first-order valence-electron chi connectivity index (χ1n) is 6.86. The minimum Gasteiger partial charge on any atom is -0.0654 e. The maximum absolute atomic E-state index is 2.31. The van der Waals surface area contributed by atoms with E-state index in [0.29, 0.717) is 0 Å². The zero-order valence-corrected chi connectivity index (χ0v) is 12.4. The predicted octanol–water partition coefficient (Wildman–Crippen LogP) is 5.77. The smallest absolute Gasteiger partial charge is 0.0371 e. The first kappa shape index (κ1) is 17.4. The van der Waals surface area contributed by atoms with Gasteiger partial charge in [-0.1, -0.05) is 74.7 Å². The maximum atomic E-state index is 2.31. The fraction of sp³-hybridized carbons (Fsp3) is 1.00. The van der Waals surface area contributed by atoms with E-state index in [2.05, 4.69) is 55.4 Å². The molecule has 0 rings (SSSR count). The highest BCUT2D eigenvalue weighted by molar-refractivity contribution is 4.63. The highest BCUT2D eigenvalue weighted by Gasteiger charge is 2.13. The molecule has 0 heterocycles. The SMILES string of the molecule is CCC(C(C)C)C(C)C.CCCC(C)C. The highest BCUT2D eigenvalue weighted by atomic mass is 14.2. The van der Waals surface area contributed by atoms with Gasteiger partial charge in [0.15, 0.2) is 0 Å². The molecule has 0 aromatic rings. The van der Waals surface area contributed by atoms with Crippen LogP contribution in [0.5, 0.6) is 0 Å². The van der Waals surface area contributed by atoms with Crippen molar-refractivity contribution in [3.63, 3.8) is 0 Å². The Morgan fingerprint density at radius 3 is 1.13 bits per heavy atom. The molecule has 0 fully saturated rings. The van der Waals surface area contributed by atoms with Crippen molar-refractivity contribution in [2.75, 3.05) is 0 Å². The molecule has 0 nitrogen and oxygen atoms in total. The standard InChI is InChI=1S/C9H20.C6H14/c1-6-9(7(2)3)8(4)5;1-4-5-6(2)3/h7-9H,6H2,1-5H3;6H,4-5H2,1-3H3. The minimum absolute atomic E-state index is 0.856. The second-order valence-electron chi connectivity index (χ2n) is 5.74. The molecule has 15 heavy (non-hydrogen) atoms. The van der Waals surface area contributed by atoms with Gasteiger partial charge < -0.3 is 0 Å². The summed E-state index contributed by atoms with van der Waals surface area (Å²) in [6.45, 7) is 18.3. The van der Waals surface area contributed by atoms with E-state index in [1.54, 1.807) is 0 Å². The molecule has 0 heteroatoms. The van der Waals surface area contributed by atoms with Crippen molar-refractivity contribution in [2.24, 2.45) is 23.7 Å². The average molecular weight is 214 g/mol. The van der Waals surface area contributed by atoms with Gasteiger partial charge in [-0.25, -0.2) is 0 Å². The van der Waals surface area contributed by atoms with Crippen LogP contribution in [0.2, 0.25) is 0 Å². The third-order valence-corrected chi connectivity index (χ3v) is 3.05. The van der Waals surface area contributed by atoms with Gasteiger partial charge in [0.05, 0.1) is 0 Å². The van der Waals surface area contributed by atoms with E-state index in [1.807, 2.05) is 0 Å². The van der Waals surface area contributed by atoms with Crippen LogP contribution in [0.4, 0.5) is 0 Å². The van der Waals surface area contributed by atoms with Gasteiger partial charge in [0.25, 0.3) is 0 Å². The third kappa shape index (κ3) is 11.9. The van der Waals surface area contributed by atoms with E-state index in [-0.39, 0.29) is 0 Å². The fourth-order valence-corrected chi connectivity index (χ4v) is 2.29. The molecular weight excluding hydrogens is 180 g/mol. The molecule has 0 unspecified atom stereocenters. The first-order chi connectivity index (χ1) is 6.86. The van der Waals surface area contributed by atoms with Gasteiger partial charge in [0.1, 0.15) is 0 Å². The summed E-state index contributed by atoms with van der Waals surface area (Å²) in [6.07, 6.45) is 4.03. The molecule has 0 saturated heterocycles. The summed E-state index contributed by atoms with van der Waals surface area (Å²) in [5.41, 5.74) is 0. The fourth-order valence-electron chi connectivity index (χ4n) is 2.29. The van der Waals surface area contributed by atoms with E-state index in [4.69, 9.17) is 0 Å². The van der Waals surface area contributed by atoms with E-state index in [1.165, 1.54) is 19.3 Å². The van der Waals surface area contributed by atoms with Gasteiger partial charge in [-0.2, -0.15) is 0 Å². The molecule has 0 atom stereocenters. The van der Waals surface area contributed by atoms with Gasteiger partial charge in [0, 0.05) is 0 Å². The topological polar surface area (TPSA) is 0 Å². The highest BCUT2D eigenvalue weighted by Crippen LogP contribution is 2.22. The Balaban J connectivity index is 0. The molecule has 0 saturated carbocycles. The molecule has 0 spiro atoms. The number of rotatable bonds is 5. The molecule has 0 bridgehead atoms. The van der Waals surface area contributed by atoms with Gasteiger partial charge >= 0.3 is 0 Å². The van der Waals surface area contributed by atoms with Crippen molar-refractivity contribution in [3.05, 3.63) is 0 Å². The van der Waals surface area contributed by atoms with Crippen molar-refractivity contribution in [2.45, 2.75) is 74.7 Å². The second-order valence-corrected chi connectivity index (χ2v) is 5.74. The summed E-state index contributed by atoms with van der Waals surface area (Å²) in [4.78, 5) is 0. The molecule has 0 aromatic heterocycles. The van der Waals surface area contributed by atoms with Gasteiger partial charge in [0.2, 0.25) is 0 Å². The molecule has 0 radical (unpaired) electrons. The van der Waals surface area contributed by atoms with Crippen LogP contribution in [0, 0.1) is 23.7 Å². The zero-order chi connectivity index (χ0) is 12.4. The molecular formula is C15H34. The summed E-state index contributed by atoms with van der Waals surface area (Å²) in [5.74, 6) is 3.53. The quantitative estimate of drug-likeness (QED) is 0.545. The third-order valence-electron chi connectivity index (χ3n) is 3.05. The Labute approximate surface area is 98.9 Å². The van der Waals surface area contributed by atoms with Crippen molar-refractivity contribution in [1.29, 1.82) is 0 Å². The Morgan fingerprint density at radius 1 is 0.733 bits per heavy atom. The lowest BCUT2D eigenvalue weighted by Crippen LogP contribution is -2.13. The molecule has 0 aliphatic carbocycles. The van der Waals surface area contributed by atoms with Crippen LogP contribution in [0.1, 0.15) is 74.7 Å². The van der Waals surface area contributed by atoms with Crippen LogP contribution >= 0.6 is 0 Å². The average Bonchev–Trinajstić information content (AvgIpc) is 2.03. The van der Waals surface area contributed by atoms with Crippen LogP contribution in [-0.2, 0) is 0 Å². The normalized spacial score (nSPS) is 11.2. The van der Waals surface area contributed by atoms with Crippen LogP contribution in [0.3, 0.4) is 0 Å². The summed E-state index contributed by atoms with van der Waals surface area (Å²) >= 11 is 0. The van der Waals surface area contributed by atoms with Crippen LogP contribution in [-0.4, -0.2) is 0 Å². The summed E-state index contributed by atoms with van der Waals surface area (Å²) in [6, 6.07) is 0. The number of hydrogen-bond donors (Lipinski definition) is 0. The minimum atomic E-state index is 0.856. The van der Waals surface area contributed by atoms with Crippen molar-refractivity contribution >= 4 is 0 Å². The lowest BCUT2D eigenvalue weighted by molar-refractivity contribution is 0.279. The van der Waals surface area contributed by atoms with E-state index < -0.39 is 0 Å². The van der Waals surface area contributed by atoms with Crippen molar-refractivity contribution < 1.29 is 0 Å². The molecule has 0 aromatic carbocycles. The first-order valence-corrected chi connectivity index (χ1v) is 6.86. The van der Waals surface area contributed by atoms with E-state index in [9.17, 15) is 0 Å². The summed E-state index contributed by atoms with van der Waals surface area (Å²) in [5, 5.41) is 0. The Bertz CT molecular complexity index is 103. The lowest BCUT2D eigenvalue weighted by atomic mass is 9.84. The molecule has 0 aliphatic heterocycles. The second kappa shape index (κ2) is 10.5. The van der Waals surface area contributed by atoms with Gasteiger partial charge in [-0.05, 0) is 23.7 Å². The zero-order valence-electron chi connectivity index (χ0n) is 12.4. The Kier molecular flexibility index (Phi) is 12.2. The molecule has 0 N–H and O–H groups in total. The summed E-state index contributed by atoms with van der Waals surface area (Å²) < 4.78 is 0. The maximum Gasteiger partial charge on any atom is -0.0371 e. The van der Waals surface area contributed by atoms with Crippen LogP contribution in [0.15, 0.2) is 0 Å². The largest absolute Gasteiger partial charge is 0.0654 e. The predicted molar refractivity (Wildman–Crippen MR) is 73.2 cm³/mol. The summed E-state index contributed by atoms with van der Waals surface area (Å²) in [7, 11) is 0. The van der Waals surface area contributed by atoms with Crippen LogP contribution in [0.25, 0.3) is 0 Å². The van der Waals surface area contributed by atoms with Crippen molar-refractivity contribution in [1.82, 2.24) is 0 Å². The van der Waals surface area contributed by atoms with Crippen LogP contribution < -0.4 is 0 Å². The van der Waals surface area contributed by atoms with Gasteiger partial charge in [-0.15, -0.1) is 0 Å². The monoisotopic (exact) mass is 214 g/mol. The Hall–Kier alpha value is 0. The molecule has 0 amide bonds. The van der Waals surface area contributed by atoms with E-state index in [0.717, 1.165) is 23.7 Å². The van der Waals surface area contributed by atoms with Crippen molar-refractivity contribution in [3.8, 4) is 0 Å². The molecule has 0 aliphatic rings. The van der Waals surface area contributed by atoms with Gasteiger partial charge in [-0.3, -0.25) is 0 Å². The Morgan fingerprint density at radius 2 is 1.13 bits per heavy atom.